The van der Waals surface area contributed by atoms with Gasteiger partial charge in [-0.15, -0.1) is 0 Å². The summed E-state index contributed by atoms with van der Waals surface area (Å²) in [5, 5.41) is 2.73. The number of carbonyl (C=O) groups is 1. The minimum atomic E-state index is -3.71. The van der Waals surface area contributed by atoms with Crippen molar-refractivity contribution < 1.29 is 28.1 Å². The topological polar surface area (TPSA) is 138 Å². The molecule has 186 valence electrons. The van der Waals surface area contributed by atoms with E-state index in [0.717, 1.165) is 0 Å². The largest absolute Gasteiger partial charge is 0.462 e. The molecule has 4 atom stereocenters. The Morgan fingerprint density at radius 3 is 2.65 bits per heavy atom. The van der Waals surface area contributed by atoms with Gasteiger partial charge in [-0.1, -0.05) is 18.2 Å². The first kappa shape index (κ1) is 25.9. The molecule has 0 aliphatic carbocycles. The highest BCUT2D eigenvalue weighted by atomic mass is 31.2. The lowest BCUT2D eigenvalue weighted by Gasteiger charge is -2.25. The third-order valence-electron chi connectivity index (χ3n) is 4.97. The number of nitrogens with zero attached hydrogens (tertiary/aromatic N) is 1. The summed E-state index contributed by atoms with van der Waals surface area (Å²) in [5.74, 6) is -0.217. The Morgan fingerprint density at radius 2 is 1.97 bits per heavy atom. The van der Waals surface area contributed by atoms with Crippen molar-refractivity contribution in [3.8, 4) is 5.75 Å². The molecule has 1 aliphatic rings. The van der Waals surface area contributed by atoms with Gasteiger partial charge in [0, 0.05) is 18.2 Å². The molecule has 1 aromatic heterocycles. The van der Waals surface area contributed by atoms with Gasteiger partial charge in [0.2, 0.25) is 0 Å². The first-order valence-corrected chi connectivity index (χ1v) is 12.7. The summed E-state index contributed by atoms with van der Waals surface area (Å²) in [7, 11) is -3.71. The van der Waals surface area contributed by atoms with E-state index in [9.17, 15) is 18.9 Å². The Labute approximate surface area is 196 Å². The summed E-state index contributed by atoms with van der Waals surface area (Å²) < 4.78 is 37.3. The molecule has 2 N–H and O–H groups in total. The molecule has 2 heterocycles. The number of H-pyrrole nitrogens is 1. The van der Waals surface area contributed by atoms with E-state index in [-0.39, 0.29) is 19.1 Å². The Kier molecular flexibility index (Phi) is 8.48. The van der Waals surface area contributed by atoms with Gasteiger partial charge in [0.15, 0.2) is 0 Å². The molecule has 0 radical (unpaired) electrons. The van der Waals surface area contributed by atoms with E-state index in [1.54, 1.807) is 51.1 Å². The van der Waals surface area contributed by atoms with E-state index in [0.29, 0.717) is 17.7 Å². The third-order valence-corrected chi connectivity index (χ3v) is 6.74. The van der Waals surface area contributed by atoms with Crippen LogP contribution in [0.4, 0.5) is 0 Å². The fourth-order valence-electron chi connectivity index (χ4n) is 3.32. The molecule has 34 heavy (non-hydrogen) atoms. The van der Waals surface area contributed by atoms with Crippen molar-refractivity contribution in [2.24, 2.45) is 0 Å². The molecule has 3 rings (SSSR count). The Hall–Kier alpha value is -2.72. The summed E-state index contributed by atoms with van der Waals surface area (Å²) in [6.07, 6.45) is -0.0773. The van der Waals surface area contributed by atoms with Crippen LogP contribution in [0.5, 0.6) is 5.75 Å². The zero-order valence-corrected chi connectivity index (χ0v) is 20.4. The normalized spacial score (nSPS) is 20.6. The van der Waals surface area contributed by atoms with Crippen molar-refractivity contribution in [3.63, 3.8) is 0 Å². The number of esters is 1. The standard InChI is InChI=1S/C22H30N3O8P/c1-14(2)32-21(27)16(4)24-34(29,33-17-8-6-5-7-9-17)13-31-18-10-19(30-12-18)25-11-15(3)20(26)23-22(25)28/h5-9,11,14,16,18-19H,10,12-13H2,1-4H3,(H,24,29)(H,23,26,28)/t16-,18+,19+,34?/m0/s1. The average molecular weight is 495 g/mol. The van der Waals surface area contributed by atoms with E-state index in [4.69, 9.17) is 18.7 Å². The van der Waals surface area contributed by atoms with Gasteiger partial charge < -0.3 is 18.7 Å². The zero-order chi connectivity index (χ0) is 24.9. The number of benzene rings is 1. The van der Waals surface area contributed by atoms with Gasteiger partial charge in [-0.25, -0.2) is 9.88 Å². The molecule has 2 aromatic rings. The molecule has 11 nitrogen and oxygen atoms in total. The fraction of sp³-hybridized carbons (Fsp3) is 0.500. The van der Waals surface area contributed by atoms with Crippen LogP contribution in [0.3, 0.4) is 0 Å². The quantitative estimate of drug-likeness (QED) is 0.376. The number of para-hydroxylation sites is 1. The highest BCUT2D eigenvalue weighted by Gasteiger charge is 2.35. The van der Waals surface area contributed by atoms with Crippen molar-refractivity contribution in [2.45, 2.75) is 58.6 Å². The molecular weight excluding hydrogens is 465 g/mol. The summed E-state index contributed by atoms with van der Waals surface area (Å²) in [4.78, 5) is 38.2. The maximum absolute atomic E-state index is 13.6. The lowest BCUT2D eigenvalue weighted by Crippen LogP contribution is -2.37. The Morgan fingerprint density at radius 1 is 1.26 bits per heavy atom. The number of hydrogen-bond acceptors (Lipinski definition) is 8. The second-order valence-electron chi connectivity index (χ2n) is 8.33. The smallest absolute Gasteiger partial charge is 0.342 e. The first-order chi connectivity index (χ1) is 16.1. The number of aromatic nitrogens is 2. The molecular formula is C22H30N3O8P. The van der Waals surface area contributed by atoms with Gasteiger partial charge in [-0.2, -0.15) is 0 Å². The SMILES string of the molecule is Cc1cn([C@H]2C[C@@H](OCP(=O)(N[C@@H](C)C(=O)OC(C)C)Oc3ccccc3)CO2)c(=O)[nH]c1=O. The molecule has 1 aromatic carbocycles. The number of ether oxygens (including phenoxy) is 3. The van der Waals surface area contributed by atoms with E-state index in [1.807, 2.05) is 0 Å². The molecule has 0 spiro atoms. The predicted molar refractivity (Wildman–Crippen MR) is 124 cm³/mol. The van der Waals surface area contributed by atoms with Crippen LogP contribution in [0.1, 0.15) is 39.0 Å². The molecule has 0 amide bonds. The first-order valence-electron chi connectivity index (χ1n) is 10.9. The van der Waals surface area contributed by atoms with E-state index < -0.39 is 43.1 Å². The lowest BCUT2D eigenvalue weighted by atomic mass is 10.3. The maximum atomic E-state index is 13.6. The predicted octanol–water partition coefficient (Wildman–Crippen LogP) is 2.31. The number of nitrogens with one attached hydrogen (secondary N) is 2. The molecule has 0 saturated carbocycles. The monoisotopic (exact) mass is 495 g/mol. The van der Waals surface area contributed by atoms with Crippen molar-refractivity contribution in [2.75, 3.05) is 13.0 Å². The average Bonchev–Trinajstić information content (AvgIpc) is 3.24. The number of aryl methyl sites for hydroxylation is 1. The van der Waals surface area contributed by atoms with Crippen LogP contribution >= 0.6 is 7.52 Å². The van der Waals surface area contributed by atoms with Crippen molar-refractivity contribution >= 4 is 13.5 Å². The van der Waals surface area contributed by atoms with Gasteiger partial charge >= 0.3 is 19.2 Å². The number of carbonyl (C=O) groups excluding carboxylic acids is 1. The summed E-state index contributed by atoms with van der Waals surface area (Å²) in [6, 6.07) is 7.64. The van der Waals surface area contributed by atoms with Gasteiger partial charge in [0.25, 0.3) is 5.56 Å². The van der Waals surface area contributed by atoms with Crippen LogP contribution < -0.4 is 20.9 Å². The Balaban J connectivity index is 1.68. The van der Waals surface area contributed by atoms with Gasteiger partial charge in [-0.3, -0.25) is 23.7 Å². The van der Waals surface area contributed by atoms with Crippen molar-refractivity contribution in [1.29, 1.82) is 0 Å². The zero-order valence-electron chi connectivity index (χ0n) is 19.6. The minimum absolute atomic E-state index is 0.144. The van der Waals surface area contributed by atoms with Crippen molar-refractivity contribution in [1.82, 2.24) is 14.6 Å². The molecule has 0 bridgehead atoms. The molecule has 1 saturated heterocycles. The molecule has 1 aliphatic heterocycles. The second kappa shape index (κ2) is 11.1. The van der Waals surface area contributed by atoms with Crippen LogP contribution in [-0.4, -0.2) is 46.7 Å². The van der Waals surface area contributed by atoms with Crippen LogP contribution in [-0.2, 0) is 23.6 Å². The van der Waals surface area contributed by atoms with Crippen LogP contribution in [0.2, 0.25) is 0 Å². The van der Waals surface area contributed by atoms with E-state index in [1.165, 1.54) is 17.7 Å². The maximum Gasteiger partial charge on any atom is 0.342 e. The van der Waals surface area contributed by atoms with Crippen LogP contribution in [0.25, 0.3) is 0 Å². The Bertz CT molecular complexity index is 1150. The summed E-state index contributed by atoms with van der Waals surface area (Å²) in [6.45, 7) is 6.71. The number of aromatic amines is 1. The molecule has 1 unspecified atom stereocenters. The summed E-state index contributed by atoms with van der Waals surface area (Å²) in [5.41, 5.74) is -0.666. The highest BCUT2D eigenvalue weighted by molar-refractivity contribution is 7.57. The van der Waals surface area contributed by atoms with E-state index in [2.05, 4.69) is 10.1 Å². The molecule has 12 heteroatoms. The minimum Gasteiger partial charge on any atom is -0.462 e. The number of rotatable bonds is 10. The van der Waals surface area contributed by atoms with E-state index >= 15 is 0 Å². The fourth-order valence-corrected chi connectivity index (χ4v) is 5.06. The number of hydrogen-bond donors (Lipinski definition) is 2. The second-order valence-corrected chi connectivity index (χ2v) is 10.4. The van der Waals surface area contributed by atoms with Crippen molar-refractivity contribution in [3.05, 3.63) is 62.9 Å². The van der Waals surface area contributed by atoms with Gasteiger partial charge in [0.05, 0.1) is 18.8 Å². The lowest BCUT2D eigenvalue weighted by molar-refractivity contribution is -0.149. The van der Waals surface area contributed by atoms with Crippen LogP contribution in [0.15, 0.2) is 46.1 Å². The third kappa shape index (κ3) is 6.89. The van der Waals surface area contributed by atoms with Crippen LogP contribution in [0, 0.1) is 6.92 Å². The molecule has 1 fully saturated rings. The highest BCUT2D eigenvalue weighted by Crippen LogP contribution is 2.44. The van der Waals surface area contributed by atoms with Gasteiger partial charge in [-0.05, 0) is 39.8 Å². The van der Waals surface area contributed by atoms with Gasteiger partial charge in [0.1, 0.15) is 24.4 Å². The summed E-state index contributed by atoms with van der Waals surface area (Å²) >= 11 is 0.